The standard InChI is InChI=1S/C8H7F11O2/c1-2-4(10,11)7(16,17)21-5(12,6(13,14)15)8(18,19)20-3-9/h2-3H2,1H3. The first-order valence-electron chi connectivity index (χ1n) is 4.87. The van der Waals surface area contributed by atoms with Crippen LogP contribution in [0.1, 0.15) is 13.3 Å². The summed E-state index contributed by atoms with van der Waals surface area (Å²) in [5.74, 6) is -12.1. The van der Waals surface area contributed by atoms with Crippen LogP contribution in [0.5, 0.6) is 0 Å². The molecule has 0 heterocycles. The number of rotatable bonds is 7. The summed E-state index contributed by atoms with van der Waals surface area (Å²) < 4.78 is 142. The van der Waals surface area contributed by atoms with Gasteiger partial charge in [-0.1, -0.05) is 6.92 Å². The van der Waals surface area contributed by atoms with E-state index >= 15 is 0 Å². The van der Waals surface area contributed by atoms with Gasteiger partial charge in [-0.3, -0.25) is 9.47 Å². The first-order chi connectivity index (χ1) is 9.08. The van der Waals surface area contributed by atoms with Gasteiger partial charge in [0.05, 0.1) is 0 Å². The van der Waals surface area contributed by atoms with Crippen molar-refractivity contribution in [1.82, 2.24) is 0 Å². The van der Waals surface area contributed by atoms with E-state index in [1.807, 2.05) is 4.74 Å². The van der Waals surface area contributed by atoms with Crippen LogP contribution in [0, 0.1) is 0 Å². The lowest BCUT2D eigenvalue weighted by atomic mass is 10.2. The topological polar surface area (TPSA) is 18.5 Å². The van der Waals surface area contributed by atoms with Gasteiger partial charge in [-0.2, -0.15) is 43.9 Å². The minimum atomic E-state index is -6.93. The van der Waals surface area contributed by atoms with Gasteiger partial charge in [-0.05, 0) is 0 Å². The fourth-order valence-electron chi connectivity index (χ4n) is 0.901. The first-order valence-corrected chi connectivity index (χ1v) is 4.87. The molecule has 0 saturated carbocycles. The molecule has 0 radical (unpaired) electrons. The maximum atomic E-state index is 13.2. The largest absolute Gasteiger partial charge is 0.458 e. The molecule has 0 aromatic heterocycles. The Bertz CT molecular complexity index is 353. The molecule has 2 nitrogen and oxygen atoms in total. The maximum absolute atomic E-state index is 13.2. The molecule has 0 spiro atoms. The van der Waals surface area contributed by atoms with Crippen molar-refractivity contribution >= 4 is 0 Å². The van der Waals surface area contributed by atoms with Crippen LogP contribution in [-0.4, -0.2) is 37.0 Å². The molecule has 0 rings (SSSR count). The molecule has 0 aliphatic rings. The lowest BCUT2D eigenvalue weighted by molar-refractivity contribution is -0.520. The molecule has 0 N–H and O–H groups in total. The third kappa shape index (κ3) is 3.67. The Morgan fingerprint density at radius 2 is 1.19 bits per heavy atom. The highest BCUT2D eigenvalue weighted by Crippen LogP contribution is 2.52. The van der Waals surface area contributed by atoms with Crippen LogP contribution in [0.15, 0.2) is 0 Å². The van der Waals surface area contributed by atoms with E-state index in [1.54, 1.807) is 0 Å². The number of halogens is 11. The zero-order valence-electron chi connectivity index (χ0n) is 9.89. The lowest BCUT2D eigenvalue weighted by Crippen LogP contribution is -2.63. The summed E-state index contributed by atoms with van der Waals surface area (Å²) in [4.78, 5) is 0. The third-order valence-electron chi connectivity index (χ3n) is 2.11. The maximum Gasteiger partial charge on any atom is 0.458 e. The van der Waals surface area contributed by atoms with Crippen molar-refractivity contribution in [1.29, 1.82) is 0 Å². The van der Waals surface area contributed by atoms with Gasteiger partial charge in [0.25, 0.3) is 0 Å². The van der Waals surface area contributed by atoms with E-state index < -0.39 is 43.5 Å². The molecule has 0 aromatic carbocycles. The second-order valence-corrected chi connectivity index (χ2v) is 3.54. The molecule has 1 atom stereocenters. The number of hydrogen-bond acceptors (Lipinski definition) is 2. The van der Waals surface area contributed by atoms with Crippen molar-refractivity contribution in [2.24, 2.45) is 0 Å². The van der Waals surface area contributed by atoms with Crippen LogP contribution in [-0.2, 0) is 9.47 Å². The second kappa shape index (κ2) is 5.74. The Hall–Kier alpha value is -0.850. The Balaban J connectivity index is 5.80. The predicted octanol–water partition coefficient (Wildman–Crippen LogP) is 4.41. The molecule has 0 saturated heterocycles. The number of alkyl halides is 11. The average molecular weight is 344 g/mol. The summed E-state index contributed by atoms with van der Waals surface area (Å²) in [5, 5.41) is 0. The van der Waals surface area contributed by atoms with Crippen LogP contribution in [0.3, 0.4) is 0 Å². The molecule has 0 bridgehead atoms. The molecule has 0 amide bonds. The molecular formula is C8H7F11O2. The molecule has 128 valence electrons. The zero-order valence-corrected chi connectivity index (χ0v) is 9.89. The van der Waals surface area contributed by atoms with Crippen LogP contribution < -0.4 is 0 Å². The number of ether oxygens (including phenoxy) is 2. The fraction of sp³-hybridized carbons (Fsp3) is 1.00. The first kappa shape index (κ1) is 20.1. The molecule has 0 fully saturated rings. The van der Waals surface area contributed by atoms with Crippen LogP contribution in [0.25, 0.3) is 0 Å². The van der Waals surface area contributed by atoms with E-state index in [0.29, 0.717) is 6.92 Å². The minimum absolute atomic E-state index is 0.348. The van der Waals surface area contributed by atoms with Crippen molar-refractivity contribution in [3.8, 4) is 0 Å². The average Bonchev–Trinajstić information content (AvgIpc) is 2.26. The SMILES string of the molecule is CCC(F)(F)C(F)(F)OC(F)(C(F)(F)F)C(F)(F)OCF. The zero-order chi connectivity index (χ0) is 17.3. The second-order valence-electron chi connectivity index (χ2n) is 3.54. The Morgan fingerprint density at radius 3 is 1.48 bits per heavy atom. The van der Waals surface area contributed by atoms with Gasteiger partial charge < -0.3 is 0 Å². The summed E-state index contributed by atoms with van der Waals surface area (Å²) in [7, 11) is 0. The van der Waals surface area contributed by atoms with E-state index in [0.717, 1.165) is 0 Å². The van der Waals surface area contributed by atoms with E-state index in [2.05, 4.69) is 4.74 Å². The van der Waals surface area contributed by atoms with Crippen LogP contribution in [0.4, 0.5) is 48.3 Å². The van der Waals surface area contributed by atoms with Gasteiger partial charge in [0.15, 0.2) is 6.86 Å². The predicted molar refractivity (Wildman–Crippen MR) is 43.2 cm³/mol. The van der Waals surface area contributed by atoms with Gasteiger partial charge in [0, 0.05) is 6.42 Å². The smallest absolute Gasteiger partial charge is 0.284 e. The Kier molecular flexibility index (Phi) is 5.51. The molecular weight excluding hydrogens is 337 g/mol. The third-order valence-corrected chi connectivity index (χ3v) is 2.11. The quantitative estimate of drug-likeness (QED) is 0.637. The Morgan fingerprint density at radius 1 is 0.762 bits per heavy atom. The highest BCUT2D eigenvalue weighted by Gasteiger charge is 2.79. The summed E-state index contributed by atoms with van der Waals surface area (Å²) >= 11 is 0. The van der Waals surface area contributed by atoms with E-state index in [1.165, 1.54) is 0 Å². The molecule has 0 aromatic rings. The molecule has 1 unspecified atom stereocenters. The molecule has 0 aliphatic heterocycles. The summed E-state index contributed by atoms with van der Waals surface area (Å²) in [6, 6.07) is 0. The lowest BCUT2D eigenvalue weighted by Gasteiger charge is -2.37. The van der Waals surface area contributed by atoms with E-state index in [-0.39, 0.29) is 0 Å². The van der Waals surface area contributed by atoms with Gasteiger partial charge >= 0.3 is 30.2 Å². The van der Waals surface area contributed by atoms with E-state index in [4.69, 9.17) is 0 Å². The van der Waals surface area contributed by atoms with Gasteiger partial charge in [0.1, 0.15) is 0 Å². The monoisotopic (exact) mass is 344 g/mol. The van der Waals surface area contributed by atoms with Crippen molar-refractivity contribution in [2.75, 3.05) is 6.86 Å². The van der Waals surface area contributed by atoms with Crippen molar-refractivity contribution in [2.45, 2.75) is 43.5 Å². The highest BCUT2D eigenvalue weighted by molar-refractivity contribution is 4.90. The van der Waals surface area contributed by atoms with Crippen LogP contribution >= 0.6 is 0 Å². The van der Waals surface area contributed by atoms with Crippen molar-refractivity contribution in [3.05, 3.63) is 0 Å². The number of hydrogen-bond donors (Lipinski definition) is 0. The molecule has 0 aliphatic carbocycles. The normalized spacial score (nSPS) is 17.7. The van der Waals surface area contributed by atoms with Crippen molar-refractivity contribution in [3.63, 3.8) is 0 Å². The minimum Gasteiger partial charge on any atom is -0.284 e. The van der Waals surface area contributed by atoms with Gasteiger partial charge in [-0.25, -0.2) is 4.39 Å². The summed E-state index contributed by atoms with van der Waals surface area (Å²) in [6.07, 6.45) is -21.4. The summed E-state index contributed by atoms with van der Waals surface area (Å²) in [5.41, 5.74) is 0. The molecule has 13 heteroatoms. The van der Waals surface area contributed by atoms with Gasteiger partial charge in [0.2, 0.25) is 0 Å². The van der Waals surface area contributed by atoms with Gasteiger partial charge in [-0.15, -0.1) is 0 Å². The van der Waals surface area contributed by atoms with Crippen molar-refractivity contribution < 1.29 is 57.8 Å². The molecule has 21 heavy (non-hydrogen) atoms. The Labute approximate surface area is 109 Å². The highest BCUT2D eigenvalue weighted by atomic mass is 19.4. The fourth-order valence-corrected chi connectivity index (χ4v) is 0.901. The van der Waals surface area contributed by atoms with Crippen LogP contribution in [0.2, 0.25) is 0 Å². The van der Waals surface area contributed by atoms with E-state index in [9.17, 15) is 48.3 Å². The summed E-state index contributed by atoms with van der Waals surface area (Å²) in [6.45, 7) is -2.38.